The van der Waals surface area contributed by atoms with Crippen LogP contribution in [0.2, 0.25) is 0 Å². The van der Waals surface area contributed by atoms with E-state index in [0.717, 1.165) is 11.1 Å². The van der Waals surface area contributed by atoms with E-state index in [1.165, 1.54) is 12.1 Å². The Bertz CT molecular complexity index is 789. The average Bonchev–Trinajstić information content (AvgIpc) is 2.70. The number of methoxy groups -OCH3 is 2. The second kappa shape index (κ2) is 9.47. The molecule has 144 valence electrons. The fraction of sp³-hybridized carbons (Fsp3) is 0.300. The number of hydrogen-bond donors (Lipinski definition) is 2. The van der Waals surface area contributed by atoms with Crippen LogP contribution < -0.4 is 14.8 Å². The van der Waals surface area contributed by atoms with E-state index in [4.69, 9.17) is 14.6 Å². The van der Waals surface area contributed by atoms with Crippen molar-refractivity contribution in [3.05, 3.63) is 59.2 Å². The van der Waals surface area contributed by atoms with Gasteiger partial charge in [0.2, 0.25) is 0 Å². The lowest BCUT2D eigenvalue weighted by Crippen LogP contribution is -2.39. The Morgan fingerprint density at radius 1 is 1.00 bits per heavy atom. The summed E-state index contributed by atoms with van der Waals surface area (Å²) >= 11 is 0. The smallest absolute Gasteiger partial charge is 0.335 e. The van der Waals surface area contributed by atoms with E-state index in [-0.39, 0.29) is 11.6 Å². The SMILES string of the molecule is CCN(Cc1ccc(OC)c(OC)c1)C(=O)NCc1ccc(C(=O)O)cc1. The zero-order valence-corrected chi connectivity index (χ0v) is 15.7. The number of aromatic carboxylic acids is 1. The van der Waals surface area contributed by atoms with Crippen molar-refractivity contribution in [3.8, 4) is 11.5 Å². The fourth-order valence-electron chi connectivity index (χ4n) is 2.58. The largest absolute Gasteiger partial charge is 0.493 e. The molecule has 2 amide bonds. The second-order valence-electron chi connectivity index (χ2n) is 5.86. The van der Waals surface area contributed by atoms with Gasteiger partial charge in [0.1, 0.15) is 0 Å². The van der Waals surface area contributed by atoms with Crippen LogP contribution in [0.15, 0.2) is 42.5 Å². The third-order valence-corrected chi connectivity index (χ3v) is 4.13. The summed E-state index contributed by atoms with van der Waals surface area (Å²) in [7, 11) is 3.15. The molecule has 7 heteroatoms. The quantitative estimate of drug-likeness (QED) is 0.743. The second-order valence-corrected chi connectivity index (χ2v) is 5.86. The van der Waals surface area contributed by atoms with Gasteiger partial charge in [0, 0.05) is 19.6 Å². The number of carbonyl (C=O) groups is 2. The molecule has 0 bridgehead atoms. The van der Waals surface area contributed by atoms with Crippen molar-refractivity contribution in [1.82, 2.24) is 10.2 Å². The lowest BCUT2D eigenvalue weighted by atomic mass is 10.1. The Balaban J connectivity index is 1.98. The standard InChI is InChI=1S/C20H24N2O5/c1-4-22(13-15-7-10-17(26-2)18(11-15)27-3)20(25)21-12-14-5-8-16(9-6-14)19(23)24/h5-11H,4,12-13H2,1-3H3,(H,21,25)(H,23,24). The molecule has 0 atom stereocenters. The summed E-state index contributed by atoms with van der Waals surface area (Å²) in [5, 5.41) is 11.8. The molecule has 0 aliphatic rings. The van der Waals surface area contributed by atoms with E-state index in [1.807, 2.05) is 25.1 Å². The molecule has 2 aromatic rings. The number of amides is 2. The van der Waals surface area contributed by atoms with Gasteiger partial charge in [-0.3, -0.25) is 0 Å². The molecular formula is C20H24N2O5. The summed E-state index contributed by atoms with van der Waals surface area (Å²) in [6.45, 7) is 3.20. The van der Waals surface area contributed by atoms with Gasteiger partial charge >= 0.3 is 12.0 Å². The monoisotopic (exact) mass is 372 g/mol. The van der Waals surface area contributed by atoms with E-state index < -0.39 is 5.97 Å². The maximum absolute atomic E-state index is 12.5. The van der Waals surface area contributed by atoms with Crippen LogP contribution in [-0.4, -0.2) is 42.8 Å². The summed E-state index contributed by atoms with van der Waals surface area (Å²) in [4.78, 5) is 25.0. The third-order valence-electron chi connectivity index (χ3n) is 4.13. The fourth-order valence-corrected chi connectivity index (χ4v) is 2.58. The van der Waals surface area contributed by atoms with Crippen molar-refractivity contribution in [3.63, 3.8) is 0 Å². The predicted octanol–water partition coefficient (Wildman–Crippen LogP) is 3.13. The number of carboxylic acid groups (broad SMARTS) is 1. The molecule has 0 saturated carbocycles. The first-order valence-corrected chi connectivity index (χ1v) is 8.54. The van der Waals surface area contributed by atoms with Crippen molar-refractivity contribution < 1.29 is 24.2 Å². The molecule has 0 unspecified atom stereocenters. The molecule has 0 fully saturated rings. The third kappa shape index (κ3) is 5.37. The summed E-state index contributed by atoms with van der Waals surface area (Å²) in [6, 6.07) is 11.8. The van der Waals surface area contributed by atoms with Gasteiger partial charge in [-0.2, -0.15) is 0 Å². The Kier molecular flexibility index (Phi) is 7.05. The van der Waals surface area contributed by atoms with Crippen LogP contribution in [0.3, 0.4) is 0 Å². The van der Waals surface area contributed by atoms with E-state index in [9.17, 15) is 9.59 Å². The van der Waals surface area contributed by atoms with Gasteiger partial charge in [-0.05, 0) is 42.3 Å². The number of rotatable bonds is 8. The molecule has 27 heavy (non-hydrogen) atoms. The number of urea groups is 1. The topological polar surface area (TPSA) is 88.1 Å². The number of carboxylic acids is 1. The number of carbonyl (C=O) groups excluding carboxylic acids is 1. The zero-order chi connectivity index (χ0) is 19.8. The molecule has 0 spiro atoms. The minimum atomic E-state index is -0.974. The van der Waals surface area contributed by atoms with Gasteiger partial charge < -0.3 is 24.8 Å². The summed E-state index contributed by atoms with van der Waals surface area (Å²) in [5.41, 5.74) is 1.97. The van der Waals surface area contributed by atoms with Crippen molar-refractivity contribution in [2.75, 3.05) is 20.8 Å². The maximum atomic E-state index is 12.5. The Morgan fingerprint density at radius 2 is 1.63 bits per heavy atom. The normalized spacial score (nSPS) is 10.2. The van der Waals surface area contributed by atoms with Crippen LogP contribution in [0.4, 0.5) is 4.79 Å². The molecule has 0 saturated heterocycles. The summed E-state index contributed by atoms with van der Waals surface area (Å²) in [6.07, 6.45) is 0. The van der Waals surface area contributed by atoms with Crippen molar-refractivity contribution in [1.29, 1.82) is 0 Å². The van der Waals surface area contributed by atoms with Crippen LogP contribution >= 0.6 is 0 Å². The molecule has 0 aromatic heterocycles. The van der Waals surface area contributed by atoms with Crippen molar-refractivity contribution in [2.24, 2.45) is 0 Å². The molecular weight excluding hydrogens is 348 g/mol. The van der Waals surface area contributed by atoms with Gasteiger partial charge in [-0.25, -0.2) is 9.59 Å². The molecule has 0 radical (unpaired) electrons. The number of nitrogens with one attached hydrogen (secondary N) is 1. The molecule has 7 nitrogen and oxygen atoms in total. The van der Waals surface area contributed by atoms with E-state index in [0.29, 0.717) is 31.1 Å². The predicted molar refractivity (Wildman–Crippen MR) is 101 cm³/mol. The Morgan fingerprint density at radius 3 is 2.19 bits per heavy atom. The van der Waals surface area contributed by atoms with Gasteiger partial charge in [-0.1, -0.05) is 18.2 Å². The van der Waals surface area contributed by atoms with E-state index >= 15 is 0 Å². The van der Waals surface area contributed by atoms with Crippen LogP contribution in [0.25, 0.3) is 0 Å². The minimum absolute atomic E-state index is 0.199. The molecule has 0 heterocycles. The van der Waals surface area contributed by atoms with E-state index in [1.54, 1.807) is 31.3 Å². The van der Waals surface area contributed by atoms with Gasteiger partial charge in [0.05, 0.1) is 19.8 Å². The minimum Gasteiger partial charge on any atom is -0.493 e. The average molecular weight is 372 g/mol. The van der Waals surface area contributed by atoms with Gasteiger partial charge in [-0.15, -0.1) is 0 Å². The molecule has 2 N–H and O–H groups in total. The maximum Gasteiger partial charge on any atom is 0.335 e. The lowest BCUT2D eigenvalue weighted by Gasteiger charge is -2.22. The van der Waals surface area contributed by atoms with E-state index in [2.05, 4.69) is 5.32 Å². The summed E-state index contributed by atoms with van der Waals surface area (Å²) < 4.78 is 10.5. The highest BCUT2D eigenvalue weighted by atomic mass is 16.5. The number of nitrogens with zero attached hydrogens (tertiary/aromatic N) is 1. The zero-order valence-electron chi connectivity index (χ0n) is 15.7. The molecule has 0 aliphatic heterocycles. The lowest BCUT2D eigenvalue weighted by molar-refractivity contribution is 0.0697. The molecule has 2 rings (SSSR count). The first kappa shape index (κ1) is 20.1. The number of ether oxygens (including phenoxy) is 2. The summed E-state index contributed by atoms with van der Waals surface area (Å²) in [5.74, 6) is 0.279. The Hall–Kier alpha value is -3.22. The highest BCUT2D eigenvalue weighted by molar-refractivity contribution is 5.87. The highest BCUT2D eigenvalue weighted by Crippen LogP contribution is 2.28. The van der Waals surface area contributed by atoms with Gasteiger partial charge in [0.15, 0.2) is 11.5 Å². The number of hydrogen-bond acceptors (Lipinski definition) is 4. The number of benzene rings is 2. The van der Waals surface area contributed by atoms with Crippen LogP contribution in [0.1, 0.15) is 28.4 Å². The van der Waals surface area contributed by atoms with Gasteiger partial charge in [0.25, 0.3) is 0 Å². The first-order valence-electron chi connectivity index (χ1n) is 8.54. The molecule has 0 aliphatic carbocycles. The molecule has 2 aromatic carbocycles. The highest BCUT2D eigenvalue weighted by Gasteiger charge is 2.13. The van der Waals surface area contributed by atoms with Crippen LogP contribution in [0.5, 0.6) is 11.5 Å². The first-order chi connectivity index (χ1) is 13.0. The van der Waals surface area contributed by atoms with Crippen molar-refractivity contribution in [2.45, 2.75) is 20.0 Å². The van der Waals surface area contributed by atoms with Crippen LogP contribution in [-0.2, 0) is 13.1 Å². The Labute approximate surface area is 158 Å². The van der Waals surface area contributed by atoms with Crippen LogP contribution in [0, 0.1) is 0 Å². The van der Waals surface area contributed by atoms with Crippen molar-refractivity contribution >= 4 is 12.0 Å².